The van der Waals surface area contributed by atoms with Crippen molar-refractivity contribution in [2.75, 3.05) is 6.54 Å². The number of hydrogen-bond acceptors (Lipinski definition) is 4. The third-order valence-corrected chi connectivity index (χ3v) is 4.20. The zero-order valence-corrected chi connectivity index (χ0v) is 15.8. The lowest BCUT2D eigenvalue weighted by Gasteiger charge is -2.28. The average Bonchev–Trinajstić information content (AvgIpc) is 2.49. The smallest absolute Gasteiger partial charge is 0.237 e. The van der Waals surface area contributed by atoms with Crippen LogP contribution in [0.1, 0.15) is 67.2 Å². The van der Waals surface area contributed by atoms with E-state index >= 15 is 0 Å². The van der Waals surface area contributed by atoms with Crippen molar-refractivity contribution in [3.8, 4) is 0 Å². The summed E-state index contributed by atoms with van der Waals surface area (Å²) < 4.78 is 0. The van der Waals surface area contributed by atoms with Gasteiger partial charge in [0, 0.05) is 12.0 Å². The quantitative estimate of drug-likeness (QED) is 0.480. The van der Waals surface area contributed by atoms with Crippen LogP contribution < -0.4 is 16.4 Å². The molecule has 23 heavy (non-hydrogen) atoms. The predicted molar refractivity (Wildman–Crippen MR) is 96.2 cm³/mol. The van der Waals surface area contributed by atoms with Crippen molar-refractivity contribution in [2.24, 2.45) is 17.6 Å². The van der Waals surface area contributed by atoms with Crippen molar-refractivity contribution in [1.29, 1.82) is 0 Å². The van der Waals surface area contributed by atoms with E-state index in [1.165, 1.54) is 0 Å². The van der Waals surface area contributed by atoms with Crippen LogP contribution in [0.3, 0.4) is 0 Å². The van der Waals surface area contributed by atoms with Crippen LogP contribution in [0.15, 0.2) is 0 Å². The molecule has 0 aromatic rings. The van der Waals surface area contributed by atoms with Crippen molar-refractivity contribution >= 4 is 11.7 Å². The molecule has 3 atom stereocenters. The number of carbonyl (C=O) groups excluding carboxylic acids is 2. The van der Waals surface area contributed by atoms with Crippen LogP contribution in [0.4, 0.5) is 0 Å². The summed E-state index contributed by atoms with van der Waals surface area (Å²) in [6.07, 6.45) is 3.34. The van der Waals surface area contributed by atoms with Crippen LogP contribution in [0.25, 0.3) is 0 Å². The normalized spacial score (nSPS) is 15.5. The second-order valence-corrected chi connectivity index (χ2v) is 7.10. The van der Waals surface area contributed by atoms with E-state index in [9.17, 15) is 9.59 Å². The molecule has 0 aliphatic heterocycles. The van der Waals surface area contributed by atoms with Crippen molar-refractivity contribution in [3.05, 3.63) is 0 Å². The summed E-state index contributed by atoms with van der Waals surface area (Å²) in [5.41, 5.74) is 5.53. The molecule has 5 heteroatoms. The number of nitrogens with two attached hydrogens (primary N) is 1. The van der Waals surface area contributed by atoms with Crippen LogP contribution in [0.5, 0.6) is 0 Å². The van der Waals surface area contributed by atoms with Crippen LogP contribution >= 0.6 is 0 Å². The van der Waals surface area contributed by atoms with E-state index in [0.29, 0.717) is 13.0 Å². The van der Waals surface area contributed by atoms with Gasteiger partial charge < -0.3 is 16.4 Å². The fraction of sp³-hybridized carbons (Fsp3) is 0.889. The van der Waals surface area contributed by atoms with Gasteiger partial charge >= 0.3 is 0 Å². The molecular formula is C18H37N3O2. The first-order valence-corrected chi connectivity index (χ1v) is 9.04. The fourth-order valence-electron chi connectivity index (χ4n) is 2.44. The van der Waals surface area contributed by atoms with Crippen LogP contribution in [-0.4, -0.2) is 36.4 Å². The number of ketones is 1. The van der Waals surface area contributed by atoms with Gasteiger partial charge in [-0.05, 0) is 45.1 Å². The van der Waals surface area contributed by atoms with Gasteiger partial charge in [-0.25, -0.2) is 0 Å². The summed E-state index contributed by atoms with van der Waals surface area (Å²) in [5.74, 6) is 0.106. The molecule has 136 valence electrons. The van der Waals surface area contributed by atoms with E-state index < -0.39 is 6.04 Å². The Bertz CT molecular complexity index is 356. The molecule has 0 spiro atoms. The van der Waals surface area contributed by atoms with Gasteiger partial charge in [-0.15, -0.1) is 0 Å². The molecule has 1 amide bonds. The highest BCUT2D eigenvalue weighted by molar-refractivity contribution is 5.91. The number of carbonyl (C=O) groups is 2. The SMILES string of the molecule is CCC(C)N[C@H](C(=O)N[C@@H](CCCCN)C(=O)C(C)C)C(C)C. The molecule has 0 saturated carbocycles. The van der Waals surface area contributed by atoms with Crippen molar-refractivity contribution in [3.63, 3.8) is 0 Å². The van der Waals surface area contributed by atoms with Gasteiger partial charge in [-0.1, -0.05) is 34.6 Å². The lowest BCUT2D eigenvalue weighted by Crippen LogP contribution is -2.54. The first-order valence-electron chi connectivity index (χ1n) is 9.04. The highest BCUT2D eigenvalue weighted by atomic mass is 16.2. The largest absolute Gasteiger partial charge is 0.345 e. The monoisotopic (exact) mass is 327 g/mol. The number of hydrogen-bond donors (Lipinski definition) is 3. The summed E-state index contributed by atoms with van der Waals surface area (Å²) in [6.45, 7) is 12.6. The Morgan fingerprint density at radius 2 is 1.65 bits per heavy atom. The van der Waals surface area contributed by atoms with E-state index in [1.54, 1.807) is 0 Å². The van der Waals surface area contributed by atoms with Crippen molar-refractivity contribution in [2.45, 2.75) is 85.4 Å². The molecule has 0 heterocycles. The minimum atomic E-state index is -0.408. The standard InChI is InChI=1S/C18H37N3O2/c1-7-14(6)20-16(12(2)3)18(23)21-15(10-8-9-11-19)17(22)13(4)5/h12-16,20H,7-11,19H2,1-6H3,(H,21,23)/t14?,15-,16-/m0/s1. The maximum atomic E-state index is 12.7. The van der Waals surface area contributed by atoms with E-state index in [1.807, 2.05) is 27.7 Å². The van der Waals surface area contributed by atoms with E-state index in [2.05, 4.69) is 24.5 Å². The Hall–Kier alpha value is -0.940. The summed E-state index contributed by atoms with van der Waals surface area (Å²) in [4.78, 5) is 25.0. The topological polar surface area (TPSA) is 84.2 Å². The maximum absolute atomic E-state index is 12.7. The molecule has 0 fully saturated rings. The Kier molecular flexibility index (Phi) is 11.1. The zero-order valence-electron chi connectivity index (χ0n) is 15.8. The molecule has 4 N–H and O–H groups in total. The van der Waals surface area contributed by atoms with Gasteiger partial charge in [0.25, 0.3) is 0 Å². The highest BCUT2D eigenvalue weighted by Gasteiger charge is 2.28. The Morgan fingerprint density at radius 1 is 1.04 bits per heavy atom. The lowest BCUT2D eigenvalue weighted by atomic mass is 9.95. The minimum Gasteiger partial charge on any atom is -0.345 e. The number of amides is 1. The summed E-state index contributed by atoms with van der Waals surface area (Å²) in [5, 5.41) is 6.34. The van der Waals surface area contributed by atoms with E-state index in [0.717, 1.165) is 19.3 Å². The lowest BCUT2D eigenvalue weighted by molar-refractivity contribution is -0.131. The molecule has 0 aromatic heterocycles. The van der Waals surface area contributed by atoms with Gasteiger partial charge in [0.05, 0.1) is 12.1 Å². The number of unbranched alkanes of at least 4 members (excludes halogenated alkanes) is 1. The summed E-state index contributed by atoms with van der Waals surface area (Å²) >= 11 is 0. The minimum absolute atomic E-state index is 0.0768. The van der Waals surface area contributed by atoms with Gasteiger partial charge in [-0.2, -0.15) is 0 Å². The molecular weight excluding hydrogens is 290 g/mol. The van der Waals surface area contributed by atoms with Gasteiger partial charge in [-0.3, -0.25) is 9.59 Å². The van der Waals surface area contributed by atoms with Crippen LogP contribution in [-0.2, 0) is 9.59 Å². The van der Waals surface area contributed by atoms with Crippen molar-refractivity contribution < 1.29 is 9.59 Å². The molecule has 0 aliphatic carbocycles. The predicted octanol–water partition coefficient (Wildman–Crippen LogP) is 2.24. The zero-order chi connectivity index (χ0) is 18.0. The van der Waals surface area contributed by atoms with E-state index in [4.69, 9.17) is 5.73 Å². The van der Waals surface area contributed by atoms with Gasteiger partial charge in [0.2, 0.25) is 5.91 Å². The Morgan fingerprint density at radius 3 is 2.09 bits per heavy atom. The second-order valence-electron chi connectivity index (χ2n) is 7.10. The number of rotatable bonds is 12. The second kappa shape index (κ2) is 11.6. The first kappa shape index (κ1) is 22.1. The van der Waals surface area contributed by atoms with E-state index in [-0.39, 0.29) is 35.6 Å². The summed E-state index contributed by atoms with van der Waals surface area (Å²) in [7, 11) is 0. The molecule has 1 unspecified atom stereocenters. The molecule has 0 saturated heterocycles. The molecule has 0 bridgehead atoms. The van der Waals surface area contributed by atoms with Crippen molar-refractivity contribution in [1.82, 2.24) is 10.6 Å². The summed E-state index contributed by atoms with van der Waals surface area (Å²) in [6, 6.07) is -0.416. The fourth-order valence-corrected chi connectivity index (χ4v) is 2.44. The first-order chi connectivity index (χ1) is 10.7. The number of nitrogens with one attached hydrogen (secondary N) is 2. The maximum Gasteiger partial charge on any atom is 0.237 e. The molecule has 0 aliphatic rings. The Labute approximate surface area is 142 Å². The van der Waals surface area contributed by atoms with Crippen LogP contribution in [0, 0.1) is 11.8 Å². The third kappa shape index (κ3) is 8.47. The van der Waals surface area contributed by atoms with Gasteiger partial charge in [0.1, 0.15) is 0 Å². The average molecular weight is 328 g/mol. The highest BCUT2D eigenvalue weighted by Crippen LogP contribution is 2.10. The Balaban J connectivity index is 4.90. The molecule has 0 aromatic carbocycles. The van der Waals surface area contributed by atoms with Gasteiger partial charge in [0.15, 0.2) is 5.78 Å². The molecule has 0 rings (SSSR count). The number of Topliss-reactive ketones (excluding diaryl/α,β-unsaturated/α-hetero) is 1. The third-order valence-electron chi connectivity index (χ3n) is 4.20. The molecule has 0 radical (unpaired) electrons. The molecule has 5 nitrogen and oxygen atoms in total. The van der Waals surface area contributed by atoms with Crippen LogP contribution in [0.2, 0.25) is 0 Å².